The third-order valence-corrected chi connectivity index (χ3v) is 4.09. The van der Waals surface area contributed by atoms with E-state index in [9.17, 15) is 9.59 Å². The van der Waals surface area contributed by atoms with Crippen LogP contribution < -0.4 is 9.47 Å². The lowest BCUT2D eigenvalue weighted by Crippen LogP contribution is -2.14. The summed E-state index contributed by atoms with van der Waals surface area (Å²) < 4.78 is 10.5. The molecule has 2 aromatic rings. The molecule has 4 heteroatoms. The largest absolute Gasteiger partial charge is 0.497 e. The van der Waals surface area contributed by atoms with E-state index in [1.165, 1.54) is 14.2 Å². The molecule has 2 aromatic carbocycles. The molecule has 0 amide bonds. The van der Waals surface area contributed by atoms with Gasteiger partial charge in [-0.2, -0.15) is 0 Å². The highest BCUT2D eigenvalue weighted by Gasteiger charge is 2.42. The minimum absolute atomic E-state index is 0.239. The highest BCUT2D eigenvalue weighted by molar-refractivity contribution is 6.31. The van der Waals surface area contributed by atoms with E-state index in [4.69, 9.17) is 9.47 Å². The first-order chi connectivity index (χ1) is 11.1. The first-order valence-corrected chi connectivity index (χ1v) is 7.18. The summed E-state index contributed by atoms with van der Waals surface area (Å²) in [5.41, 5.74) is 2.10. The summed E-state index contributed by atoms with van der Waals surface area (Å²) in [5, 5.41) is 0. The van der Waals surface area contributed by atoms with Crippen molar-refractivity contribution < 1.29 is 19.1 Å². The Hall–Kier alpha value is -2.88. The highest BCUT2D eigenvalue weighted by Crippen LogP contribution is 2.41. The van der Waals surface area contributed by atoms with Crippen molar-refractivity contribution in [3.63, 3.8) is 0 Å². The van der Waals surface area contributed by atoms with Gasteiger partial charge in [-0.3, -0.25) is 9.59 Å². The molecule has 0 radical (unpaired) electrons. The van der Waals surface area contributed by atoms with Gasteiger partial charge in [0.05, 0.1) is 19.8 Å². The second kappa shape index (κ2) is 5.72. The van der Waals surface area contributed by atoms with Gasteiger partial charge < -0.3 is 9.47 Å². The molecule has 0 heterocycles. The second-order valence-corrected chi connectivity index (χ2v) is 5.25. The summed E-state index contributed by atoms with van der Waals surface area (Å²) in [6.07, 6.45) is 1.65. The van der Waals surface area contributed by atoms with Crippen molar-refractivity contribution in [1.29, 1.82) is 0 Å². The van der Waals surface area contributed by atoms with Crippen molar-refractivity contribution in [2.75, 3.05) is 14.2 Å². The Morgan fingerprint density at radius 3 is 2.43 bits per heavy atom. The van der Waals surface area contributed by atoms with Crippen LogP contribution >= 0.6 is 0 Å². The van der Waals surface area contributed by atoms with E-state index in [0.717, 1.165) is 5.56 Å². The van der Waals surface area contributed by atoms with Crippen molar-refractivity contribution in [2.45, 2.75) is 5.92 Å². The van der Waals surface area contributed by atoms with E-state index in [2.05, 4.69) is 6.58 Å². The van der Waals surface area contributed by atoms with Crippen molar-refractivity contribution in [3.8, 4) is 11.5 Å². The molecule has 0 spiro atoms. The summed E-state index contributed by atoms with van der Waals surface area (Å²) in [6.45, 7) is 3.76. The first kappa shape index (κ1) is 15.0. The fraction of sp³-hybridized carbons (Fsp3) is 0.158. The van der Waals surface area contributed by atoms with Gasteiger partial charge in [0.25, 0.3) is 0 Å². The molecule has 1 unspecified atom stereocenters. The van der Waals surface area contributed by atoms with Gasteiger partial charge in [0.1, 0.15) is 17.4 Å². The van der Waals surface area contributed by atoms with Crippen LogP contribution in [0, 0.1) is 0 Å². The molecule has 0 aromatic heterocycles. The third-order valence-electron chi connectivity index (χ3n) is 4.09. The van der Waals surface area contributed by atoms with Gasteiger partial charge in [0.2, 0.25) is 0 Å². The average molecular weight is 308 g/mol. The molecule has 0 saturated heterocycles. The van der Waals surface area contributed by atoms with Crippen LogP contribution in [0.4, 0.5) is 0 Å². The molecular weight excluding hydrogens is 292 g/mol. The van der Waals surface area contributed by atoms with Crippen LogP contribution in [0.5, 0.6) is 11.5 Å². The number of fused-ring (bicyclic) bond motifs is 1. The number of benzene rings is 2. The van der Waals surface area contributed by atoms with Gasteiger partial charge >= 0.3 is 0 Å². The van der Waals surface area contributed by atoms with Gasteiger partial charge in [0.15, 0.2) is 11.6 Å². The van der Waals surface area contributed by atoms with E-state index in [1.54, 1.807) is 24.3 Å². The molecule has 4 nitrogen and oxygen atoms in total. The van der Waals surface area contributed by atoms with Crippen molar-refractivity contribution in [2.24, 2.45) is 0 Å². The Morgan fingerprint density at radius 2 is 1.78 bits per heavy atom. The Morgan fingerprint density at radius 1 is 1.04 bits per heavy atom. The summed E-state index contributed by atoms with van der Waals surface area (Å²) in [7, 11) is 2.98. The van der Waals surface area contributed by atoms with Crippen LogP contribution in [-0.4, -0.2) is 25.8 Å². The molecule has 23 heavy (non-hydrogen) atoms. The SMILES string of the molecule is C=Cc1ccccc1C1C(=O)c2cc(OC)cc(OC)c2C1=O. The fourth-order valence-electron chi connectivity index (χ4n) is 2.98. The number of Topliss-reactive ketones (excluding diaryl/α,β-unsaturated/α-hetero) is 2. The van der Waals surface area contributed by atoms with Gasteiger partial charge in [-0.05, 0) is 17.2 Å². The van der Waals surface area contributed by atoms with Crippen molar-refractivity contribution in [1.82, 2.24) is 0 Å². The molecule has 0 bridgehead atoms. The maximum Gasteiger partial charge on any atom is 0.182 e. The van der Waals surface area contributed by atoms with Crippen LogP contribution in [0.25, 0.3) is 6.08 Å². The molecular formula is C19H16O4. The zero-order chi connectivity index (χ0) is 16.6. The topological polar surface area (TPSA) is 52.6 Å². The number of ether oxygens (including phenoxy) is 2. The Balaban J connectivity index is 2.20. The molecule has 0 N–H and O–H groups in total. The van der Waals surface area contributed by atoms with Crippen LogP contribution in [0.15, 0.2) is 43.0 Å². The average Bonchev–Trinajstić information content (AvgIpc) is 2.85. The number of methoxy groups -OCH3 is 2. The minimum atomic E-state index is -0.861. The number of hydrogen-bond donors (Lipinski definition) is 0. The maximum absolute atomic E-state index is 12.9. The Labute approximate surface area is 134 Å². The molecule has 3 rings (SSSR count). The number of carbonyl (C=O) groups excluding carboxylic acids is 2. The van der Waals surface area contributed by atoms with E-state index in [0.29, 0.717) is 28.2 Å². The minimum Gasteiger partial charge on any atom is -0.497 e. The molecule has 0 aliphatic heterocycles. The molecule has 0 fully saturated rings. The van der Waals surface area contributed by atoms with E-state index < -0.39 is 5.92 Å². The number of rotatable bonds is 4. The molecule has 1 aliphatic carbocycles. The van der Waals surface area contributed by atoms with Gasteiger partial charge in [-0.25, -0.2) is 0 Å². The third kappa shape index (κ3) is 2.23. The molecule has 116 valence electrons. The lowest BCUT2D eigenvalue weighted by atomic mass is 9.90. The van der Waals surface area contributed by atoms with E-state index in [-0.39, 0.29) is 11.6 Å². The highest BCUT2D eigenvalue weighted by atomic mass is 16.5. The first-order valence-electron chi connectivity index (χ1n) is 7.18. The summed E-state index contributed by atoms with van der Waals surface area (Å²) in [4.78, 5) is 25.7. The monoisotopic (exact) mass is 308 g/mol. The molecule has 1 atom stereocenters. The predicted molar refractivity (Wildman–Crippen MR) is 87.5 cm³/mol. The summed E-state index contributed by atoms with van der Waals surface area (Å²) >= 11 is 0. The standard InChI is InChI=1S/C19H16O4/c1-4-11-7-5-6-8-13(11)17-18(20)14-9-12(22-2)10-15(23-3)16(14)19(17)21/h4-10,17H,1H2,2-3H3. The second-order valence-electron chi connectivity index (χ2n) is 5.25. The number of carbonyl (C=O) groups is 2. The van der Waals surface area contributed by atoms with Gasteiger partial charge in [0, 0.05) is 11.6 Å². The Bertz CT molecular complexity index is 820. The number of ketones is 2. The summed E-state index contributed by atoms with van der Waals surface area (Å²) in [6, 6.07) is 10.5. The zero-order valence-electron chi connectivity index (χ0n) is 13.0. The van der Waals surface area contributed by atoms with Crippen molar-refractivity contribution in [3.05, 3.63) is 65.2 Å². The van der Waals surface area contributed by atoms with Crippen LogP contribution in [0.2, 0.25) is 0 Å². The lowest BCUT2D eigenvalue weighted by molar-refractivity contribution is 0.0889. The lowest BCUT2D eigenvalue weighted by Gasteiger charge is -2.11. The van der Waals surface area contributed by atoms with Crippen LogP contribution in [0.1, 0.15) is 37.8 Å². The van der Waals surface area contributed by atoms with Crippen LogP contribution in [-0.2, 0) is 0 Å². The number of hydrogen-bond acceptors (Lipinski definition) is 4. The molecule has 0 saturated carbocycles. The molecule has 1 aliphatic rings. The van der Waals surface area contributed by atoms with Crippen LogP contribution in [0.3, 0.4) is 0 Å². The Kier molecular flexibility index (Phi) is 3.74. The zero-order valence-corrected chi connectivity index (χ0v) is 13.0. The summed E-state index contributed by atoms with van der Waals surface area (Å²) in [5.74, 6) is -0.508. The smallest absolute Gasteiger partial charge is 0.182 e. The van der Waals surface area contributed by atoms with Gasteiger partial charge in [-0.1, -0.05) is 36.9 Å². The normalized spacial score (nSPS) is 16.2. The fourth-order valence-corrected chi connectivity index (χ4v) is 2.98. The van der Waals surface area contributed by atoms with E-state index >= 15 is 0 Å². The van der Waals surface area contributed by atoms with E-state index in [1.807, 2.05) is 18.2 Å². The quantitative estimate of drug-likeness (QED) is 0.811. The predicted octanol–water partition coefficient (Wildman–Crippen LogP) is 3.51. The van der Waals surface area contributed by atoms with Gasteiger partial charge in [-0.15, -0.1) is 0 Å². The maximum atomic E-state index is 12.9. The van der Waals surface area contributed by atoms with Crippen molar-refractivity contribution >= 4 is 17.6 Å².